The molecule has 0 spiro atoms. The zero-order valence-corrected chi connectivity index (χ0v) is 8.91. The van der Waals surface area contributed by atoms with E-state index in [0.29, 0.717) is 0 Å². The Bertz CT molecular complexity index is 280. The Morgan fingerprint density at radius 3 is 1.93 bits per heavy atom. The Morgan fingerprint density at radius 2 is 1.57 bits per heavy atom. The quantitative estimate of drug-likeness (QED) is 0.721. The van der Waals surface area contributed by atoms with Crippen LogP contribution in [0.3, 0.4) is 0 Å². The van der Waals surface area contributed by atoms with Gasteiger partial charge in [-0.2, -0.15) is 9.59 Å². The van der Waals surface area contributed by atoms with Crippen molar-refractivity contribution in [1.82, 2.24) is 0 Å². The van der Waals surface area contributed by atoms with Crippen LogP contribution >= 0.6 is 0 Å². The van der Waals surface area contributed by atoms with Crippen molar-refractivity contribution in [3.63, 3.8) is 0 Å². The number of hydrogen-bond donors (Lipinski definition) is 0. The average molecular weight is 192 g/mol. The van der Waals surface area contributed by atoms with E-state index < -0.39 is 0 Å². The van der Waals surface area contributed by atoms with E-state index in [-0.39, 0.29) is 6.15 Å². The molecule has 0 aliphatic carbocycles. The summed E-state index contributed by atoms with van der Waals surface area (Å²) in [4.78, 5) is 16.2. The maximum absolute atomic E-state index is 8.12. The molecule has 0 saturated carbocycles. The summed E-state index contributed by atoms with van der Waals surface area (Å²) in [5, 5.41) is 0. The molecule has 0 unspecified atom stereocenters. The molecular weight excluding hydrogens is 176 g/mol. The van der Waals surface area contributed by atoms with Crippen molar-refractivity contribution < 1.29 is 9.59 Å². The molecule has 1 aromatic carbocycles. The summed E-state index contributed by atoms with van der Waals surface area (Å²) in [5.41, 5.74) is 2.79. The minimum Gasteiger partial charge on any atom is -0.186 e. The summed E-state index contributed by atoms with van der Waals surface area (Å²) in [7, 11) is 0. The molecule has 0 N–H and O–H groups in total. The fourth-order valence-corrected chi connectivity index (χ4v) is 1.20. The molecule has 2 heteroatoms. The Morgan fingerprint density at radius 1 is 1.14 bits per heavy atom. The normalized spacial score (nSPS) is 8.86. The van der Waals surface area contributed by atoms with Crippen LogP contribution in [0.15, 0.2) is 24.3 Å². The first-order valence-electron chi connectivity index (χ1n) is 4.65. The lowest BCUT2D eigenvalue weighted by molar-refractivity contribution is -0.191. The monoisotopic (exact) mass is 192 g/mol. The van der Waals surface area contributed by atoms with Crippen molar-refractivity contribution in [3.05, 3.63) is 35.4 Å². The van der Waals surface area contributed by atoms with Crippen molar-refractivity contribution in [2.24, 2.45) is 5.92 Å². The van der Waals surface area contributed by atoms with Gasteiger partial charge in [0.25, 0.3) is 0 Å². The number of benzene rings is 1. The first-order valence-corrected chi connectivity index (χ1v) is 4.65. The maximum atomic E-state index is 8.12. The van der Waals surface area contributed by atoms with Crippen molar-refractivity contribution in [1.29, 1.82) is 0 Å². The van der Waals surface area contributed by atoms with E-state index in [0.717, 1.165) is 5.92 Å². The second-order valence-corrected chi connectivity index (χ2v) is 3.67. The summed E-state index contributed by atoms with van der Waals surface area (Å²) in [6.07, 6.45) is 1.44. The molecule has 1 aromatic rings. The molecule has 0 heterocycles. The summed E-state index contributed by atoms with van der Waals surface area (Å²) in [6, 6.07) is 8.79. The van der Waals surface area contributed by atoms with E-state index in [4.69, 9.17) is 9.59 Å². The van der Waals surface area contributed by atoms with Gasteiger partial charge < -0.3 is 0 Å². The summed E-state index contributed by atoms with van der Waals surface area (Å²) in [6.45, 7) is 6.62. The Hall–Kier alpha value is -1.40. The fraction of sp³-hybridized carbons (Fsp3) is 0.417. The molecule has 0 atom stereocenters. The van der Waals surface area contributed by atoms with Crippen molar-refractivity contribution in [2.45, 2.75) is 27.2 Å². The van der Waals surface area contributed by atoms with Gasteiger partial charge >= 0.3 is 6.15 Å². The SMILES string of the molecule is Cc1ccc(CC(C)C)cc1.O=C=O. The van der Waals surface area contributed by atoms with Gasteiger partial charge in [0.05, 0.1) is 0 Å². The third kappa shape index (κ3) is 6.15. The van der Waals surface area contributed by atoms with Crippen LogP contribution < -0.4 is 0 Å². The predicted octanol–water partition coefficient (Wildman–Crippen LogP) is 2.61. The number of aryl methyl sites for hydroxylation is 1. The number of carbonyl (C=O) groups excluding carboxylic acids is 2. The first kappa shape index (κ1) is 12.6. The molecule has 0 fully saturated rings. The Kier molecular flexibility index (Phi) is 6.34. The van der Waals surface area contributed by atoms with E-state index in [1.807, 2.05) is 0 Å². The zero-order valence-electron chi connectivity index (χ0n) is 8.91. The van der Waals surface area contributed by atoms with Crippen LogP contribution in [-0.4, -0.2) is 6.15 Å². The van der Waals surface area contributed by atoms with E-state index in [1.165, 1.54) is 17.5 Å². The molecule has 0 bridgehead atoms. The van der Waals surface area contributed by atoms with Gasteiger partial charge in [0.1, 0.15) is 0 Å². The molecule has 0 saturated heterocycles. The van der Waals surface area contributed by atoms with Gasteiger partial charge in [0, 0.05) is 0 Å². The molecule has 1 rings (SSSR count). The van der Waals surface area contributed by atoms with Gasteiger partial charge in [-0.25, -0.2) is 0 Å². The highest BCUT2D eigenvalue weighted by Crippen LogP contribution is 2.08. The van der Waals surface area contributed by atoms with Gasteiger partial charge in [0.2, 0.25) is 0 Å². The van der Waals surface area contributed by atoms with Crippen LogP contribution in [0.2, 0.25) is 0 Å². The first-order chi connectivity index (χ1) is 6.60. The summed E-state index contributed by atoms with van der Waals surface area (Å²) < 4.78 is 0. The van der Waals surface area contributed by atoms with E-state index in [9.17, 15) is 0 Å². The van der Waals surface area contributed by atoms with Gasteiger partial charge in [-0.15, -0.1) is 0 Å². The summed E-state index contributed by atoms with van der Waals surface area (Å²) in [5.74, 6) is 0.762. The minimum absolute atomic E-state index is 0.250. The lowest BCUT2D eigenvalue weighted by atomic mass is 10.0. The highest BCUT2D eigenvalue weighted by molar-refractivity contribution is 5.21. The Balaban J connectivity index is 0.000000500. The molecule has 76 valence electrons. The van der Waals surface area contributed by atoms with Crippen molar-refractivity contribution >= 4 is 6.15 Å². The molecule has 0 radical (unpaired) electrons. The highest BCUT2D eigenvalue weighted by atomic mass is 16.2. The van der Waals surface area contributed by atoms with Crippen LogP contribution in [0.5, 0.6) is 0 Å². The molecule has 14 heavy (non-hydrogen) atoms. The van der Waals surface area contributed by atoms with Gasteiger partial charge in [-0.1, -0.05) is 43.7 Å². The topological polar surface area (TPSA) is 34.1 Å². The van der Waals surface area contributed by atoms with E-state index >= 15 is 0 Å². The van der Waals surface area contributed by atoms with Crippen LogP contribution in [0.4, 0.5) is 0 Å². The zero-order chi connectivity index (χ0) is 11.0. The lowest BCUT2D eigenvalue weighted by Gasteiger charge is -2.04. The summed E-state index contributed by atoms with van der Waals surface area (Å²) >= 11 is 0. The maximum Gasteiger partial charge on any atom is 0.373 e. The second kappa shape index (κ2) is 7.05. The van der Waals surface area contributed by atoms with Gasteiger partial charge in [0.15, 0.2) is 0 Å². The van der Waals surface area contributed by atoms with E-state index in [2.05, 4.69) is 45.0 Å². The third-order valence-corrected chi connectivity index (χ3v) is 1.76. The van der Waals surface area contributed by atoms with Gasteiger partial charge in [-0.3, -0.25) is 0 Å². The van der Waals surface area contributed by atoms with Crippen molar-refractivity contribution in [3.8, 4) is 0 Å². The van der Waals surface area contributed by atoms with Crippen LogP contribution in [-0.2, 0) is 16.0 Å². The van der Waals surface area contributed by atoms with E-state index in [1.54, 1.807) is 0 Å². The smallest absolute Gasteiger partial charge is 0.186 e. The lowest BCUT2D eigenvalue weighted by Crippen LogP contribution is -1.93. The van der Waals surface area contributed by atoms with Crippen LogP contribution in [0, 0.1) is 12.8 Å². The second-order valence-electron chi connectivity index (χ2n) is 3.67. The third-order valence-electron chi connectivity index (χ3n) is 1.76. The Labute approximate surface area is 84.9 Å². The van der Waals surface area contributed by atoms with Crippen LogP contribution in [0.1, 0.15) is 25.0 Å². The predicted molar refractivity (Wildman–Crippen MR) is 54.7 cm³/mol. The molecule has 0 aliphatic heterocycles. The molecule has 0 aromatic heterocycles. The fourth-order valence-electron chi connectivity index (χ4n) is 1.20. The molecule has 0 amide bonds. The molecule has 0 aliphatic rings. The number of hydrogen-bond acceptors (Lipinski definition) is 2. The van der Waals surface area contributed by atoms with Crippen molar-refractivity contribution in [2.75, 3.05) is 0 Å². The molecular formula is C12H16O2. The van der Waals surface area contributed by atoms with Gasteiger partial charge in [-0.05, 0) is 24.8 Å². The minimum atomic E-state index is 0.250. The number of rotatable bonds is 2. The standard InChI is InChI=1S/C11H16.CO2/c1-9(2)8-11-6-4-10(3)5-7-11;2-1-3/h4-7,9H,8H2,1-3H3;. The molecule has 2 nitrogen and oxygen atoms in total. The average Bonchev–Trinajstić information content (AvgIpc) is 2.09. The largest absolute Gasteiger partial charge is 0.373 e. The highest BCUT2D eigenvalue weighted by Gasteiger charge is 1.95. The van der Waals surface area contributed by atoms with Crippen LogP contribution in [0.25, 0.3) is 0 Å².